The molecule has 1 aromatic rings. The third-order valence-electron chi connectivity index (χ3n) is 2.33. The fourth-order valence-corrected chi connectivity index (χ4v) is 1.79. The molecule has 1 rings (SSSR count). The molecule has 0 radical (unpaired) electrons. The molecule has 0 aliphatic rings. The number of halogens is 4. The van der Waals surface area contributed by atoms with Gasteiger partial charge in [-0.1, -0.05) is 15.9 Å². The van der Waals surface area contributed by atoms with Crippen molar-refractivity contribution in [2.24, 2.45) is 0 Å². The van der Waals surface area contributed by atoms with Crippen molar-refractivity contribution in [3.63, 3.8) is 0 Å². The average molecular weight is 355 g/mol. The molecule has 0 spiro atoms. The van der Waals surface area contributed by atoms with Crippen LogP contribution in [0.25, 0.3) is 0 Å². The molecule has 0 saturated carbocycles. The van der Waals surface area contributed by atoms with E-state index in [0.717, 1.165) is 6.07 Å². The van der Waals surface area contributed by atoms with Gasteiger partial charge in [0.25, 0.3) is 0 Å². The van der Waals surface area contributed by atoms with Gasteiger partial charge in [-0.2, -0.15) is 13.2 Å². The molecular formula is C12H14BrF3N2O2. The number of amides is 1. The lowest BCUT2D eigenvalue weighted by atomic mass is 10.1. The third-order valence-corrected chi connectivity index (χ3v) is 2.82. The van der Waals surface area contributed by atoms with Crippen molar-refractivity contribution in [3.8, 4) is 0 Å². The second-order valence-electron chi connectivity index (χ2n) is 3.91. The molecular weight excluding hydrogens is 341 g/mol. The summed E-state index contributed by atoms with van der Waals surface area (Å²) in [7, 11) is 1.51. The van der Waals surface area contributed by atoms with Crippen LogP contribution in [0.1, 0.15) is 5.56 Å². The molecule has 0 fully saturated rings. The van der Waals surface area contributed by atoms with E-state index in [9.17, 15) is 18.0 Å². The summed E-state index contributed by atoms with van der Waals surface area (Å²) in [6, 6.07) is 3.57. The van der Waals surface area contributed by atoms with Crippen LogP contribution in [0.4, 0.5) is 18.9 Å². The Morgan fingerprint density at radius 1 is 1.40 bits per heavy atom. The number of hydrogen-bond acceptors (Lipinski definition) is 3. The summed E-state index contributed by atoms with van der Waals surface area (Å²) in [6.45, 7) is 0.770. The molecule has 0 heterocycles. The minimum absolute atomic E-state index is 0.0866. The quantitative estimate of drug-likeness (QED) is 0.772. The Labute approximate surface area is 122 Å². The zero-order valence-electron chi connectivity index (χ0n) is 10.7. The van der Waals surface area contributed by atoms with E-state index < -0.39 is 17.6 Å². The van der Waals surface area contributed by atoms with E-state index in [0.29, 0.717) is 17.6 Å². The molecule has 0 aromatic heterocycles. The zero-order valence-corrected chi connectivity index (χ0v) is 12.3. The Balaban J connectivity index is 2.70. The highest BCUT2D eigenvalue weighted by Crippen LogP contribution is 2.36. The SMILES string of the molecule is COCCNCC(=O)Nc1ccc(Br)cc1C(F)(F)F. The Bertz CT molecular complexity index is 467. The van der Waals surface area contributed by atoms with Gasteiger partial charge in [-0.3, -0.25) is 4.79 Å². The minimum Gasteiger partial charge on any atom is -0.383 e. The van der Waals surface area contributed by atoms with E-state index in [2.05, 4.69) is 26.6 Å². The molecule has 0 aliphatic carbocycles. The van der Waals surface area contributed by atoms with Crippen molar-refractivity contribution in [1.29, 1.82) is 0 Å². The summed E-state index contributed by atoms with van der Waals surface area (Å²) < 4.78 is 43.5. The summed E-state index contributed by atoms with van der Waals surface area (Å²) in [5.41, 5.74) is -1.16. The molecule has 2 N–H and O–H groups in total. The maximum atomic E-state index is 12.8. The Kier molecular flexibility index (Phi) is 6.44. The molecule has 0 unspecified atom stereocenters. The molecule has 20 heavy (non-hydrogen) atoms. The van der Waals surface area contributed by atoms with E-state index in [1.165, 1.54) is 19.2 Å². The van der Waals surface area contributed by atoms with Gasteiger partial charge in [0.1, 0.15) is 0 Å². The summed E-state index contributed by atoms with van der Waals surface area (Å²) in [5, 5.41) is 4.99. The van der Waals surface area contributed by atoms with Crippen LogP contribution in [0, 0.1) is 0 Å². The largest absolute Gasteiger partial charge is 0.418 e. The van der Waals surface area contributed by atoms with Crippen LogP contribution in [0.2, 0.25) is 0 Å². The first-order chi connectivity index (χ1) is 9.34. The van der Waals surface area contributed by atoms with Crippen molar-refractivity contribution in [3.05, 3.63) is 28.2 Å². The van der Waals surface area contributed by atoms with Gasteiger partial charge in [-0.05, 0) is 18.2 Å². The van der Waals surface area contributed by atoms with Gasteiger partial charge < -0.3 is 15.4 Å². The van der Waals surface area contributed by atoms with E-state index in [4.69, 9.17) is 4.74 Å². The van der Waals surface area contributed by atoms with Crippen molar-refractivity contribution < 1.29 is 22.7 Å². The number of methoxy groups -OCH3 is 1. The number of anilines is 1. The van der Waals surface area contributed by atoms with Crippen LogP contribution >= 0.6 is 15.9 Å². The number of alkyl halides is 3. The zero-order chi connectivity index (χ0) is 15.2. The number of nitrogens with one attached hydrogen (secondary N) is 2. The molecule has 8 heteroatoms. The molecule has 1 amide bonds. The van der Waals surface area contributed by atoms with Gasteiger partial charge in [0, 0.05) is 18.1 Å². The fourth-order valence-electron chi connectivity index (χ4n) is 1.43. The van der Waals surface area contributed by atoms with Crippen molar-refractivity contribution in [2.75, 3.05) is 32.1 Å². The lowest BCUT2D eigenvalue weighted by Crippen LogP contribution is -2.30. The first-order valence-electron chi connectivity index (χ1n) is 5.71. The van der Waals surface area contributed by atoms with Crippen molar-refractivity contribution >= 4 is 27.5 Å². The molecule has 0 aliphatic heterocycles. The second kappa shape index (κ2) is 7.61. The minimum atomic E-state index is -4.53. The highest BCUT2D eigenvalue weighted by atomic mass is 79.9. The van der Waals surface area contributed by atoms with Crippen molar-refractivity contribution in [2.45, 2.75) is 6.18 Å². The number of rotatable bonds is 6. The monoisotopic (exact) mass is 354 g/mol. The van der Waals surface area contributed by atoms with Crippen LogP contribution < -0.4 is 10.6 Å². The van der Waals surface area contributed by atoms with E-state index >= 15 is 0 Å². The number of carbonyl (C=O) groups is 1. The van der Waals surface area contributed by atoms with Gasteiger partial charge in [-0.15, -0.1) is 0 Å². The summed E-state index contributed by atoms with van der Waals surface area (Å²) in [4.78, 5) is 11.5. The molecule has 112 valence electrons. The van der Waals surface area contributed by atoms with E-state index in [1.54, 1.807) is 0 Å². The first-order valence-corrected chi connectivity index (χ1v) is 6.50. The lowest BCUT2D eigenvalue weighted by Gasteiger charge is -2.14. The van der Waals surface area contributed by atoms with Crippen LogP contribution in [-0.4, -0.2) is 32.7 Å². The Morgan fingerprint density at radius 3 is 2.70 bits per heavy atom. The number of benzene rings is 1. The van der Waals surface area contributed by atoms with Gasteiger partial charge >= 0.3 is 6.18 Å². The van der Waals surface area contributed by atoms with Gasteiger partial charge in [0.15, 0.2) is 0 Å². The van der Waals surface area contributed by atoms with Crippen LogP contribution in [-0.2, 0) is 15.7 Å². The predicted molar refractivity (Wildman–Crippen MR) is 72.5 cm³/mol. The van der Waals surface area contributed by atoms with Crippen LogP contribution in [0.15, 0.2) is 22.7 Å². The maximum absolute atomic E-state index is 12.8. The smallest absolute Gasteiger partial charge is 0.383 e. The summed E-state index contributed by atoms with van der Waals surface area (Å²) in [6.07, 6.45) is -4.53. The predicted octanol–water partition coefficient (Wildman–Crippen LogP) is 2.64. The molecule has 0 saturated heterocycles. The maximum Gasteiger partial charge on any atom is 0.418 e. The van der Waals surface area contributed by atoms with Crippen molar-refractivity contribution in [1.82, 2.24) is 5.32 Å². The average Bonchev–Trinajstić information content (AvgIpc) is 2.35. The second-order valence-corrected chi connectivity index (χ2v) is 4.82. The normalized spacial score (nSPS) is 11.4. The summed E-state index contributed by atoms with van der Waals surface area (Å²) >= 11 is 2.98. The van der Waals surface area contributed by atoms with Crippen LogP contribution in [0.3, 0.4) is 0 Å². The first kappa shape index (κ1) is 16.9. The highest BCUT2D eigenvalue weighted by Gasteiger charge is 2.34. The Hall–Kier alpha value is -1.12. The van der Waals surface area contributed by atoms with Gasteiger partial charge in [0.05, 0.1) is 24.4 Å². The molecule has 1 aromatic carbocycles. The van der Waals surface area contributed by atoms with Gasteiger partial charge in [-0.25, -0.2) is 0 Å². The molecule has 0 bridgehead atoms. The summed E-state index contributed by atoms with van der Waals surface area (Å²) in [5.74, 6) is -0.547. The topological polar surface area (TPSA) is 50.4 Å². The fraction of sp³-hybridized carbons (Fsp3) is 0.417. The molecule has 4 nitrogen and oxygen atoms in total. The van der Waals surface area contributed by atoms with Crippen LogP contribution in [0.5, 0.6) is 0 Å². The highest BCUT2D eigenvalue weighted by molar-refractivity contribution is 9.10. The van der Waals surface area contributed by atoms with Gasteiger partial charge in [0.2, 0.25) is 5.91 Å². The number of ether oxygens (including phenoxy) is 1. The van der Waals surface area contributed by atoms with E-state index in [1.807, 2.05) is 0 Å². The van der Waals surface area contributed by atoms with E-state index in [-0.39, 0.29) is 12.2 Å². The Morgan fingerprint density at radius 2 is 2.10 bits per heavy atom. The third kappa shape index (κ3) is 5.48. The standard InChI is InChI=1S/C12H14BrF3N2O2/c1-20-5-4-17-7-11(19)18-10-3-2-8(13)6-9(10)12(14,15)16/h2-3,6,17H,4-5,7H2,1H3,(H,18,19). The number of carbonyl (C=O) groups excluding carboxylic acids is 1. The number of hydrogen-bond donors (Lipinski definition) is 2. The lowest BCUT2D eigenvalue weighted by molar-refractivity contribution is -0.137. The molecule has 0 atom stereocenters.